The van der Waals surface area contributed by atoms with Gasteiger partial charge in [0.2, 0.25) is 0 Å². The van der Waals surface area contributed by atoms with E-state index in [1.165, 1.54) is 25.3 Å². The number of carboxylic acids is 1. The van der Waals surface area contributed by atoms with Crippen LogP contribution in [0.15, 0.2) is 57.7 Å². The Bertz CT molecular complexity index is 981. The summed E-state index contributed by atoms with van der Waals surface area (Å²) < 4.78 is 11.0. The highest BCUT2D eigenvalue weighted by molar-refractivity contribution is 5.88. The molecule has 0 aliphatic carbocycles. The second-order valence-electron chi connectivity index (χ2n) is 5.11. The molecule has 1 aromatic heterocycles. The van der Waals surface area contributed by atoms with Crippen LogP contribution in [0.1, 0.15) is 21.7 Å². The van der Waals surface area contributed by atoms with Crippen LogP contribution in [0.4, 0.5) is 0 Å². The molecule has 1 heterocycles. The van der Waals surface area contributed by atoms with Gasteiger partial charge in [-0.2, -0.15) is 0 Å². The fraction of sp³-hybridized carbons (Fsp3) is 0.0526. The Morgan fingerprint density at radius 1 is 1.12 bits per heavy atom. The summed E-state index contributed by atoms with van der Waals surface area (Å²) in [5, 5.41) is 9.34. The highest BCUT2D eigenvalue weighted by Gasteiger charge is 2.08. The molecule has 0 aliphatic rings. The van der Waals surface area contributed by atoms with Crippen LogP contribution < -0.4 is 10.2 Å². The molecule has 0 amide bonds. The zero-order valence-electron chi connectivity index (χ0n) is 12.9. The van der Waals surface area contributed by atoms with Gasteiger partial charge in [-0.3, -0.25) is 4.79 Å². The molecule has 1 N–H and O–H groups in total. The van der Waals surface area contributed by atoms with E-state index in [1.807, 2.05) is 0 Å². The maximum Gasteiger partial charge on any atom is 0.335 e. The second kappa shape index (κ2) is 6.42. The van der Waals surface area contributed by atoms with Gasteiger partial charge in [0.15, 0.2) is 16.8 Å². The van der Waals surface area contributed by atoms with Crippen molar-refractivity contribution in [3.05, 3.63) is 75.6 Å². The zero-order valence-corrected chi connectivity index (χ0v) is 12.9. The average molecular weight is 322 g/mol. The minimum Gasteiger partial charge on any atom is -0.493 e. The van der Waals surface area contributed by atoms with Crippen LogP contribution in [-0.4, -0.2) is 18.2 Å². The fourth-order valence-electron chi connectivity index (χ4n) is 2.33. The number of carbonyl (C=O) groups is 1. The smallest absolute Gasteiger partial charge is 0.335 e. The second-order valence-corrected chi connectivity index (χ2v) is 5.11. The molecule has 0 bridgehead atoms. The Balaban J connectivity index is 1.97. The van der Waals surface area contributed by atoms with Gasteiger partial charge in [0.25, 0.3) is 0 Å². The van der Waals surface area contributed by atoms with Crippen molar-refractivity contribution in [2.75, 3.05) is 7.11 Å². The molecule has 0 atom stereocenters. The highest BCUT2D eigenvalue weighted by atomic mass is 16.5. The molecule has 0 unspecified atom stereocenters. The summed E-state index contributed by atoms with van der Waals surface area (Å²) in [5.74, 6) is -0.0943. The fourth-order valence-corrected chi connectivity index (χ4v) is 2.33. The van der Waals surface area contributed by atoms with Gasteiger partial charge in [0.05, 0.1) is 18.1 Å². The van der Waals surface area contributed by atoms with Crippen molar-refractivity contribution in [3.63, 3.8) is 0 Å². The first-order chi connectivity index (χ1) is 11.6. The number of carboxylic acid groups (broad SMARTS) is 1. The van der Waals surface area contributed by atoms with Crippen molar-refractivity contribution in [2.45, 2.75) is 0 Å². The molecule has 0 aliphatic heterocycles. The van der Waals surface area contributed by atoms with E-state index in [2.05, 4.69) is 0 Å². The van der Waals surface area contributed by atoms with E-state index in [0.717, 1.165) is 5.56 Å². The lowest BCUT2D eigenvalue weighted by atomic mass is 10.1. The van der Waals surface area contributed by atoms with E-state index in [9.17, 15) is 9.59 Å². The lowest BCUT2D eigenvalue weighted by Gasteiger charge is -2.04. The molecule has 5 nitrogen and oxygen atoms in total. The topological polar surface area (TPSA) is 76.7 Å². The zero-order chi connectivity index (χ0) is 17.1. The molecular weight excluding hydrogens is 308 g/mol. The summed E-state index contributed by atoms with van der Waals surface area (Å²) in [7, 11) is 1.52. The minimum absolute atomic E-state index is 0.156. The largest absolute Gasteiger partial charge is 0.493 e. The maximum absolute atomic E-state index is 12.2. The molecule has 0 saturated carbocycles. The van der Waals surface area contributed by atoms with Gasteiger partial charge in [-0.1, -0.05) is 24.3 Å². The molecule has 0 saturated heterocycles. The number of fused-ring (bicyclic) bond motifs is 1. The van der Waals surface area contributed by atoms with Crippen molar-refractivity contribution in [3.8, 4) is 5.75 Å². The van der Waals surface area contributed by atoms with Gasteiger partial charge in [0, 0.05) is 6.07 Å². The van der Waals surface area contributed by atoms with Crippen molar-refractivity contribution < 1.29 is 19.1 Å². The Labute approximate surface area is 137 Å². The number of hydrogen-bond acceptors (Lipinski definition) is 4. The van der Waals surface area contributed by atoms with E-state index in [-0.39, 0.29) is 11.0 Å². The number of ether oxygens (including phenoxy) is 1. The molecule has 24 heavy (non-hydrogen) atoms. The van der Waals surface area contributed by atoms with Crippen LogP contribution in [0.25, 0.3) is 23.1 Å². The molecule has 3 rings (SSSR count). The molecule has 120 valence electrons. The third-order valence-electron chi connectivity index (χ3n) is 3.56. The van der Waals surface area contributed by atoms with Gasteiger partial charge < -0.3 is 14.3 Å². The standard InChI is InChI=1S/C19H14O5/c1-23-17-4-2-3-15-16(20)11-14(24-18(15)17)10-7-12-5-8-13(9-6-12)19(21)22/h2-11H,1H3,(H,21,22)/b10-7+. The monoisotopic (exact) mass is 322 g/mol. The lowest BCUT2D eigenvalue weighted by molar-refractivity contribution is 0.0697. The van der Waals surface area contributed by atoms with E-state index in [0.29, 0.717) is 22.5 Å². The average Bonchev–Trinajstić information content (AvgIpc) is 2.60. The molecule has 0 spiro atoms. The quantitative estimate of drug-likeness (QED) is 0.793. The van der Waals surface area contributed by atoms with Gasteiger partial charge in [-0.05, 0) is 35.9 Å². The van der Waals surface area contributed by atoms with Crippen molar-refractivity contribution >= 4 is 29.1 Å². The first-order valence-electron chi connectivity index (χ1n) is 7.21. The van der Waals surface area contributed by atoms with Crippen LogP contribution in [0.5, 0.6) is 5.75 Å². The van der Waals surface area contributed by atoms with Crippen molar-refractivity contribution in [1.29, 1.82) is 0 Å². The van der Waals surface area contributed by atoms with Crippen LogP contribution in [0.3, 0.4) is 0 Å². The summed E-state index contributed by atoms with van der Waals surface area (Å²) in [6, 6.07) is 12.9. The Morgan fingerprint density at radius 3 is 2.54 bits per heavy atom. The van der Waals surface area contributed by atoms with Crippen LogP contribution in [0, 0.1) is 0 Å². The number of para-hydroxylation sites is 1. The Kier molecular flexibility index (Phi) is 4.16. The van der Waals surface area contributed by atoms with E-state index >= 15 is 0 Å². The van der Waals surface area contributed by atoms with E-state index in [4.69, 9.17) is 14.3 Å². The number of aromatic carboxylic acids is 1. The van der Waals surface area contributed by atoms with Crippen LogP contribution >= 0.6 is 0 Å². The predicted octanol–water partition coefficient (Wildman–Crippen LogP) is 3.67. The Morgan fingerprint density at radius 2 is 1.88 bits per heavy atom. The van der Waals surface area contributed by atoms with Gasteiger partial charge in [-0.25, -0.2) is 4.79 Å². The van der Waals surface area contributed by atoms with Crippen molar-refractivity contribution in [2.24, 2.45) is 0 Å². The third kappa shape index (κ3) is 3.05. The molecule has 0 radical (unpaired) electrons. The van der Waals surface area contributed by atoms with E-state index in [1.54, 1.807) is 42.5 Å². The molecule has 2 aromatic carbocycles. The van der Waals surface area contributed by atoms with E-state index < -0.39 is 5.97 Å². The van der Waals surface area contributed by atoms with Crippen molar-refractivity contribution in [1.82, 2.24) is 0 Å². The third-order valence-corrected chi connectivity index (χ3v) is 3.56. The molecular formula is C19H14O5. The summed E-state index contributed by atoms with van der Waals surface area (Å²) in [6.07, 6.45) is 3.40. The van der Waals surface area contributed by atoms with Gasteiger partial charge in [-0.15, -0.1) is 0 Å². The highest BCUT2D eigenvalue weighted by Crippen LogP contribution is 2.24. The number of methoxy groups -OCH3 is 1. The van der Waals surface area contributed by atoms with Crippen LogP contribution in [-0.2, 0) is 0 Å². The first-order valence-corrected chi connectivity index (χ1v) is 7.21. The summed E-state index contributed by atoms with van der Waals surface area (Å²) in [4.78, 5) is 23.0. The summed E-state index contributed by atoms with van der Waals surface area (Å²) in [6.45, 7) is 0. The minimum atomic E-state index is -0.974. The first kappa shape index (κ1) is 15.6. The Hall–Kier alpha value is -3.34. The molecule has 0 fully saturated rings. The number of benzene rings is 2. The number of hydrogen-bond donors (Lipinski definition) is 1. The molecule has 3 aromatic rings. The predicted molar refractivity (Wildman–Crippen MR) is 91.4 cm³/mol. The van der Waals surface area contributed by atoms with Gasteiger partial charge >= 0.3 is 5.97 Å². The summed E-state index contributed by atoms with van der Waals surface area (Å²) in [5.41, 5.74) is 1.25. The maximum atomic E-state index is 12.2. The number of rotatable bonds is 4. The normalized spacial score (nSPS) is 11.0. The van der Waals surface area contributed by atoms with Crippen LogP contribution in [0.2, 0.25) is 0 Å². The molecule has 5 heteroatoms. The summed E-state index contributed by atoms with van der Waals surface area (Å²) >= 11 is 0. The van der Waals surface area contributed by atoms with Gasteiger partial charge in [0.1, 0.15) is 5.76 Å². The SMILES string of the molecule is COc1cccc2c(=O)cc(/C=C/c3ccc(C(=O)O)cc3)oc12. The lowest BCUT2D eigenvalue weighted by Crippen LogP contribution is -2.01.